The molecule has 0 fully saturated rings. The lowest BCUT2D eigenvalue weighted by Gasteiger charge is -2.30. The highest BCUT2D eigenvalue weighted by atomic mass is 35.5. The third kappa shape index (κ3) is 3.20. The van der Waals surface area contributed by atoms with E-state index in [1.165, 1.54) is 15.3 Å². The normalized spacial score (nSPS) is 19.3. The molecule has 2 N–H and O–H groups in total. The predicted octanol–water partition coefficient (Wildman–Crippen LogP) is 3.49. The first-order chi connectivity index (χ1) is 12.6. The van der Waals surface area contributed by atoms with Gasteiger partial charge in [0.05, 0.1) is 19.2 Å². The van der Waals surface area contributed by atoms with Crippen LogP contribution in [0.4, 0.5) is 0 Å². The minimum Gasteiger partial charge on any atom is -0.496 e. The van der Waals surface area contributed by atoms with Crippen LogP contribution in [0, 0.1) is 4.77 Å². The van der Waals surface area contributed by atoms with Crippen LogP contribution >= 0.6 is 35.2 Å². The lowest BCUT2D eigenvalue weighted by molar-refractivity contribution is -0.954. The average molecular weight is 408 g/mol. The number of benzene rings is 1. The zero-order valence-electron chi connectivity index (χ0n) is 14.6. The number of hydrogen-bond acceptors (Lipinski definition) is 4. The zero-order valence-corrected chi connectivity index (χ0v) is 17.0. The molecular weight excluding hydrogens is 388 g/mol. The van der Waals surface area contributed by atoms with Gasteiger partial charge in [-0.15, -0.1) is 11.3 Å². The van der Waals surface area contributed by atoms with E-state index in [1.54, 1.807) is 13.2 Å². The van der Waals surface area contributed by atoms with Crippen molar-refractivity contribution in [3.8, 4) is 17.1 Å². The van der Waals surface area contributed by atoms with E-state index in [0.717, 1.165) is 25.2 Å². The van der Waals surface area contributed by atoms with Crippen molar-refractivity contribution in [2.75, 3.05) is 13.7 Å². The van der Waals surface area contributed by atoms with Crippen LogP contribution in [0.15, 0.2) is 29.6 Å². The number of ether oxygens (including phenoxy) is 1. The summed E-state index contributed by atoms with van der Waals surface area (Å²) in [7, 11) is 1.64. The Morgan fingerprint density at radius 2 is 2.31 bits per heavy atom. The maximum atomic E-state index is 6.15. The number of methoxy groups -OCH3 is 1. The molecule has 8 heteroatoms. The average Bonchev–Trinajstić information content (AvgIpc) is 3.25. The maximum absolute atomic E-state index is 6.15. The van der Waals surface area contributed by atoms with Crippen LogP contribution in [0.5, 0.6) is 5.75 Å². The molecule has 5 nitrogen and oxygen atoms in total. The van der Waals surface area contributed by atoms with Crippen LogP contribution in [0.2, 0.25) is 5.02 Å². The Labute approximate surface area is 166 Å². The molecule has 3 aromatic rings. The third-order valence-corrected chi connectivity index (χ3v) is 6.53. The van der Waals surface area contributed by atoms with Crippen molar-refractivity contribution in [3.63, 3.8) is 0 Å². The fourth-order valence-electron chi connectivity index (χ4n) is 3.52. The van der Waals surface area contributed by atoms with Crippen molar-refractivity contribution < 1.29 is 9.64 Å². The monoisotopic (exact) mass is 407 g/mol. The number of rotatable bonds is 4. The van der Waals surface area contributed by atoms with Gasteiger partial charge in [0.15, 0.2) is 12.5 Å². The molecule has 1 aliphatic rings. The van der Waals surface area contributed by atoms with Gasteiger partial charge in [0.25, 0.3) is 0 Å². The first-order valence-electron chi connectivity index (χ1n) is 8.48. The maximum Gasteiger partial charge on any atom is 0.221 e. The van der Waals surface area contributed by atoms with Crippen molar-refractivity contribution in [1.82, 2.24) is 14.8 Å². The van der Waals surface area contributed by atoms with Gasteiger partial charge in [-0.25, -0.2) is 4.68 Å². The van der Waals surface area contributed by atoms with E-state index in [-0.39, 0.29) is 0 Å². The summed E-state index contributed by atoms with van der Waals surface area (Å²) in [5.74, 6) is 1.39. The highest BCUT2D eigenvalue weighted by Gasteiger charge is 2.28. The van der Waals surface area contributed by atoms with Crippen LogP contribution in [0.3, 0.4) is 0 Å². The number of halogens is 1. The van der Waals surface area contributed by atoms with Gasteiger partial charge in [-0.1, -0.05) is 11.6 Å². The molecular formula is C18H20ClN4OS2+. The number of hydrogen-bond donors (Lipinski definition) is 2. The fraction of sp³-hybridized carbons (Fsp3) is 0.333. The second-order valence-electron chi connectivity index (χ2n) is 6.46. The van der Waals surface area contributed by atoms with Gasteiger partial charge in [0.1, 0.15) is 11.8 Å². The molecule has 1 unspecified atom stereocenters. The molecule has 136 valence electrons. The van der Waals surface area contributed by atoms with Crippen molar-refractivity contribution in [3.05, 3.63) is 49.9 Å². The standard InChI is InChI=1S/C18H19ClN4OS2/c1-11-13-6-8-26-16(13)5-7-22(11)10-23-18(25)20-17(21-23)14-9-12(19)3-4-15(14)24-2/h3-4,6,8-9,11H,5,7,10H2,1-2H3,(H,20,21,25)/p+1/t11-/m1/s1. The third-order valence-electron chi connectivity index (χ3n) is 4.99. The molecule has 0 spiro atoms. The number of H-pyrrole nitrogens is 1. The van der Waals surface area contributed by atoms with Gasteiger partial charge in [-0.2, -0.15) is 4.98 Å². The number of nitrogens with zero attached hydrogens (tertiary/aromatic N) is 2. The van der Waals surface area contributed by atoms with Gasteiger partial charge in [0.2, 0.25) is 4.77 Å². The van der Waals surface area contributed by atoms with E-state index in [9.17, 15) is 0 Å². The van der Waals surface area contributed by atoms with Gasteiger partial charge in [0, 0.05) is 21.9 Å². The summed E-state index contributed by atoms with van der Waals surface area (Å²) >= 11 is 13.5. The SMILES string of the molecule is COc1ccc(Cl)cc1-c1nc(=S)n(C[NH+]2CCc3sccc3[C@H]2C)[nH]1. The summed E-state index contributed by atoms with van der Waals surface area (Å²) in [5, 5.41) is 6.15. The lowest BCUT2D eigenvalue weighted by Crippen LogP contribution is -3.12. The van der Waals surface area contributed by atoms with Gasteiger partial charge in [-0.05, 0) is 48.8 Å². The van der Waals surface area contributed by atoms with Crippen molar-refractivity contribution in [2.45, 2.75) is 26.1 Å². The van der Waals surface area contributed by atoms with Gasteiger partial charge >= 0.3 is 0 Å². The van der Waals surface area contributed by atoms with Crippen LogP contribution < -0.4 is 9.64 Å². The summed E-state index contributed by atoms with van der Waals surface area (Å²) in [4.78, 5) is 7.51. The highest BCUT2D eigenvalue weighted by Crippen LogP contribution is 2.30. The summed E-state index contributed by atoms with van der Waals surface area (Å²) in [6, 6.07) is 8.17. The number of nitrogens with one attached hydrogen (secondary N) is 2. The van der Waals surface area contributed by atoms with E-state index in [1.807, 2.05) is 28.2 Å². The first-order valence-corrected chi connectivity index (χ1v) is 10.1. The van der Waals surface area contributed by atoms with Crippen LogP contribution in [0.25, 0.3) is 11.4 Å². The predicted molar refractivity (Wildman–Crippen MR) is 107 cm³/mol. The summed E-state index contributed by atoms with van der Waals surface area (Å²) in [6.07, 6.45) is 1.11. The first kappa shape index (κ1) is 17.7. The molecule has 1 aromatic carbocycles. The molecule has 26 heavy (non-hydrogen) atoms. The van der Waals surface area contributed by atoms with Crippen molar-refractivity contribution >= 4 is 35.2 Å². The Morgan fingerprint density at radius 3 is 3.12 bits per heavy atom. The van der Waals surface area contributed by atoms with Crippen molar-refractivity contribution in [1.29, 1.82) is 0 Å². The minimum absolute atomic E-state index is 0.444. The molecule has 4 rings (SSSR count). The Bertz CT molecular complexity index is 993. The van der Waals surface area contributed by atoms with E-state index < -0.39 is 0 Å². The van der Waals surface area contributed by atoms with Crippen LogP contribution in [-0.4, -0.2) is 28.4 Å². The summed E-state index contributed by atoms with van der Waals surface area (Å²) in [6.45, 7) is 4.12. The summed E-state index contributed by atoms with van der Waals surface area (Å²) < 4.78 is 7.91. The Balaban J connectivity index is 1.62. The molecule has 0 saturated heterocycles. The fourth-order valence-corrected chi connectivity index (χ4v) is 4.87. The van der Waals surface area contributed by atoms with E-state index >= 15 is 0 Å². The van der Waals surface area contributed by atoms with E-state index in [4.69, 9.17) is 28.6 Å². The second kappa shape index (κ2) is 7.15. The van der Waals surface area contributed by atoms with E-state index in [2.05, 4.69) is 28.5 Å². The molecule has 0 aliphatic carbocycles. The van der Waals surface area contributed by atoms with E-state index in [0.29, 0.717) is 27.4 Å². The number of aromatic nitrogens is 3. The lowest BCUT2D eigenvalue weighted by atomic mass is 10.0. The molecule has 0 amide bonds. The minimum atomic E-state index is 0.444. The molecule has 0 bridgehead atoms. The Hall–Kier alpha value is -1.67. The Kier molecular flexibility index (Phi) is 4.88. The largest absolute Gasteiger partial charge is 0.496 e. The molecule has 1 aliphatic heterocycles. The topological polar surface area (TPSA) is 47.3 Å². The quantitative estimate of drug-likeness (QED) is 0.651. The number of thiophene rings is 1. The number of quaternary nitrogens is 1. The molecule has 2 aromatic heterocycles. The van der Waals surface area contributed by atoms with Gasteiger partial charge < -0.3 is 9.64 Å². The highest BCUT2D eigenvalue weighted by molar-refractivity contribution is 7.71. The zero-order chi connectivity index (χ0) is 18.3. The molecule has 0 radical (unpaired) electrons. The Morgan fingerprint density at radius 1 is 1.46 bits per heavy atom. The molecule has 3 heterocycles. The summed E-state index contributed by atoms with van der Waals surface area (Å²) in [5.41, 5.74) is 2.27. The molecule has 0 saturated carbocycles. The molecule has 2 atom stereocenters. The van der Waals surface area contributed by atoms with Crippen molar-refractivity contribution in [2.24, 2.45) is 0 Å². The number of fused-ring (bicyclic) bond motifs is 1. The smallest absolute Gasteiger partial charge is 0.221 e. The van der Waals surface area contributed by atoms with Gasteiger partial charge in [-0.3, -0.25) is 5.10 Å². The van der Waals surface area contributed by atoms with Crippen LogP contribution in [-0.2, 0) is 13.1 Å². The number of aromatic amines is 1. The second-order valence-corrected chi connectivity index (χ2v) is 8.27. The van der Waals surface area contributed by atoms with Crippen LogP contribution in [0.1, 0.15) is 23.4 Å².